The van der Waals surface area contributed by atoms with E-state index in [0.29, 0.717) is 17.7 Å². The van der Waals surface area contributed by atoms with Crippen LogP contribution in [0.1, 0.15) is 25.5 Å². The highest BCUT2D eigenvalue weighted by Gasteiger charge is 2.25. The molecule has 23 heavy (non-hydrogen) atoms. The van der Waals surface area contributed by atoms with Crippen molar-refractivity contribution in [3.63, 3.8) is 0 Å². The number of carbonyl (C=O) groups is 1. The number of aromatic nitrogens is 1. The maximum Gasteiger partial charge on any atom is 0.233 e. The highest BCUT2D eigenvalue weighted by molar-refractivity contribution is 7.99. The van der Waals surface area contributed by atoms with Crippen molar-refractivity contribution in [2.24, 2.45) is 0 Å². The summed E-state index contributed by atoms with van der Waals surface area (Å²) < 4.78 is 10.7. The third-order valence-corrected chi connectivity index (χ3v) is 4.84. The standard InChI is InChI=1S/C17H20N2O3S/c1-11(16(20)18-13-5-6-13)23-10-14-9-22-17(19-14)12-3-7-15(21-2)8-4-12/h3-4,7-9,11,13H,5-6,10H2,1-2H3,(H,18,20)/t11-/m0/s1. The lowest BCUT2D eigenvalue weighted by Crippen LogP contribution is -2.32. The first-order chi connectivity index (χ1) is 11.2. The zero-order valence-electron chi connectivity index (χ0n) is 13.2. The van der Waals surface area contributed by atoms with Crippen LogP contribution in [0.25, 0.3) is 11.5 Å². The van der Waals surface area contributed by atoms with Gasteiger partial charge in [-0.05, 0) is 44.0 Å². The fourth-order valence-electron chi connectivity index (χ4n) is 2.07. The molecule has 1 saturated carbocycles. The first-order valence-electron chi connectivity index (χ1n) is 7.66. The molecule has 1 atom stereocenters. The quantitative estimate of drug-likeness (QED) is 0.843. The van der Waals surface area contributed by atoms with Crippen LogP contribution in [0, 0.1) is 0 Å². The zero-order valence-corrected chi connectivity index (χ0v) is 14.1. The molecule has 3 rings (SSSR count). The second-order valence-corrected chi connectivity index (χ2v) is 6.94. The Labute approximate surface area is 139 Å². The Hall–Kier alpha value is -1.95. The minimum Gasteiger partial charge on any atom is -0.497 e. The number of ether oxygens (including phenoxy) is 1. The zero-order chi connectivity index (χ0) is 16.2. The number of rotatable bonds is 7. The molecule has 0 aliphatic heterocycles. The maximum absolute atomic E-state index is 11.9. The van der Waals surface area contributed by atoms with Gasteiger partial charge in [0.25, 0.3) is 0 Å². The largest absolute Gasteiger partial charge is 0.497 e. The minimum atomic E-state index is -0.0864. The summed E-state index contributed by atoms with van der Waals surface area (Å²) in [5.41, 5.74) is 1.74. The van der Waals surface area contributed by atoms with Gasteiger partial charge < -0.3 is 14.5 Å². The third kappa shape index (κ3) is 4.28. The van der Waals surface area contributed by atoms with Crippen molar-refractivity contribution in [1.82, 2.24) is 10.3 Å². The van der Waals surface area contributed by atoms with Gasteiger partial charge in [-0.3, -0.25) is 4.79 Å². The molecule has 6 heteroatoms. The molecule has 1 aliphatic rings. The molecule has 0 unspecified atom stereocenters. The number of hydrogen-bond acceptors (Lipinski definition) is 5. The predicted molar refractivity (Wildman–Crippen MR) is 90.4 cm³/mol. The molecule has 1 fully saturated rings. The van der Waals surface area contributed by atoms with Gasteiger partial charge in [0.05, 0.1) is 18.1 Å². The highest BCUT2D eigenvalue weighted by Crippen LogP contribution is 2.25. The van der Waals surface area contributed by atoms with Crippen LogP contribution >= 0.6 is 11.8 Å². The van der Waals surface area contributed by atoms with E-state index < -0.39 is 0 Å². The number of carbonyl (C=O) groups excluding carboxylic acids is 1. The van der Waals surface area contributed by atoms with Crippen LogP contribution in [0.2, 0.25) is 0 Å². The molecular weight excluding hydrogens is 312 g/mol. The molecule has 0 radical (unpaired) electrons. The lowest BCUT2D eigenvalue weighted by Gasteiger charge is -2.10. The van der Waals surface area contributed by atoms with E-state index in [0.717, 1.165) is 29.8 Å². The van der Waals surface area contributed by atoms with Gasteiger partial charge in [0, 0.05) is 17.4 Å². The van der Waals surface area contributed by atoms with E-state index in [1.54, 1.807) is 25.1 Å². The van der Waals surface area contributed by atoms with Gasteiger partial charge in [0.15, 0.2) is 0 Å². The van der Waals surface area contributed by atoms with Gasteiger partial charge in [-0.25, -0.2) is 4.98 Å². The Morgan fingerprint density at radius 1 is 1.43 bits per heavy atom. The number of thioether (sulfide) groups is 1. The monoisotopic (exact) mass is 332 g/mol. The lowest BCUT2D eigenvalue weighted by atomic mass is 10.2. The van der Waals surface area contributed by atoms with E-state index in [1.165, 1.54) is 0 Å². The van der Waals surface area contributed by atoms with E-state index in [1.807, 2.05) is 31.2 Å². The second-order valence-electron chi connectivity index (χ2n) is 5.61. The number of hydrogen-bond donors (Lipinski definition) is 1. The number of methoxy groups -OCH3 is 1. The lowest BCUT2D eigenvalue weighted by molar-refractivity contribution is -0.120. The van der Waals surface area contributed by atoms with Crippen molar-refractivity contribution in [2.75, 3.05) is 7.11 Å². The Bertz CT molecular complexity index is 665. The van der Waals surface area contributed by atoms with Crippen LogP contribution in [0.15, 0.2) is 34.9 Å². The van der Waals surface area contributed by atoms with Crippen LogP contribution < -0.4 is 10.1 Å². The Kier molecular flexibility index (Phi) is 4.91. The maximum atomic E-state index is 11.9. The van der Waals surface area contributed by atoms with Gasteiger partial charge in [-0.15, -0.1) is 11.8 Å². The van der Waals surface area contributed by atoms with Crippen molar-refractivity contribution < 1.29 is 13.9 Å². The van der Waals surface area contributed by atoms with E-state index in [-0.39, 0.29) is 11.2 Å². The minimum absolute atomic E-state index is 0.0864. The number of benzene rings is 1. The SMILES string of the molecule is COc1ccc(-c2nc(CS[C@@H](C)C(=O)NC3CC3)co2)cc1. The summed E-state index contributed by atoms with van der Waals surface area (Å²) in [6.07, 6.45) is 3.87. The molecule has 1 aliphatic carbocycles. The molecule has 0 spiro atoms. The average molecular weight is 332 g/mol. The van der Waals surface area contributed by atoms with Crippen molar-refractivity contribution in [1.29, 1.82) is 0 Å². The van der Waals surface area contributed by atoms with Crippen molar-refractivity contribution in [3.05, 3.63) is 36.2 Å². The second kappa shape index (κ2) is 7.08. The summed E-state index contributed by atoms with van der Waals surface area (Å²) >= 11 is 1.57. The molecule has 0 bridgehead atoms. The fraction of sp³-hybridized carbons (Fsp3) is 0.412. The van der Waals surface area contributed by atoms with E-state index in [2.05, 4.69) is 10.3 Å². The number of nitrogens with one attached hydrogen (secondary N) is 1. The number of nitrogens with zero attached hydrogens (tertiary/aromatic N) is 1. The van der Waals surface area contributed by atoms with E-state index in [9.17, 15) is 4.79 Å². The van der Waals surface area contributed by atoms with E-state index >= 15 is 0 Å². The van der Waals surface area contributed by atoms with Gasteiger partial charge >= 0.3 is 0 Å². The molecule has 1 N–H and O–H groups in total. The van der Waals surface area contributed by atoms with Gasteiger partial charge in [0.1, 0.15) is 12.0 Å². The molecule has 2 aromatic rings. The number of amides is 1. The topological polar surface area (TPSA) is 64.4 Å². The summed E-state index contributed by atoms with van der Waals surface area (Å²) in [6.45, 7) is 1.92. The molecule has 0 saturated heterocycles. The fourth-order valence-corrected chi connectivity index (χ4v) is 2.84. The summed E-state index contributed by atoms with van der Waals surface area (Å²) in [5, 5.41) is 2.93. The summed E-state index contributed by atoms with van der Waals surface area (Å²) in [4.78, 5) is 16.4. The predicted octanol–water partition coefficient (Wildman–Crippen LogP) is 3.25. The normalized spacial score (nSPS) is 15.2. The first kappa shape index (κ1) is 15.9. The van der Waals surface area contributed by atoms with Crippen molar-refractivity contribution in [3.8, 4) is 17.2 Å². The van der Waals surface area contributed by atoms with Crippen LogP contribution in [0.4, 0.5) is 0 Å². The van der Waals surface area contributed by atoms with E-state index in [4.69, 9.17) is 9.15 Å². The van der Waals surface area contributed by atoms with Crippen LogP contribution in [-0.2, 0) is 10.5 Å². The van der Waals surface area contributed by atoms with Gasteiger partial charge in [0.2, 0.25) is 11.8 Å². The summed E-state index contributed by atoms with van der Waals surface area (Å²) in [5.74, 6) is 2.14. The molecule has 1 aromatic heterocycles. The van der Waals surface area contributed by atoms with Crippen LogP contribution in [-0.4, -0.2) is 29.3 Å². The first-order valence-corrected chi connectivity index (χ1v) is 8.71. The average Bonchev–Trinajstić information content (AvgIpc) is 3.26. The third-order valence-electron chi connectivity index (χ3n) is 3.66. The molecule has 1 heterocycles. The molecule has 122 valence electrons. The summed E-state index contributed by atoms with van der Waals surface area (Å²) in [6, 6.07) is 7.97. The Balaban J connectivity index is 1.54. The number of oxazole rings is 1. The summed E-state index contributed by atoms with van der Waals surface area (Å²) in [7, 11) is 1.63. The van der Waals surface area contributed by atoms with Crippen molar-refractivity contribution in [2.45, 2.75) is 36.8 Å². The molecule has 5 nitrogen and oxygen atoms in total. The Morgan fingerprint density at radius 3 is 2.83 bits per heavy atom. The smallest absolute Gasteiger partial charge is 0.233 e. The van der Waals surface area contributed by atoms with Gasteiger partial charge in [-0.2, -0.15) is 0 Å². The molecule has 1 aromatic carbocycles. The molecule has 1 amide bonds. The Morgan fingerprint density at radius 2 is 2.17 bits per heavy atom. The van der Waals surface area contributed by atoms with Crippen molar-refractivity contribution >= 4 is 17.7 Å². The molecular formula is C17H20N2O3S. The van der Waals surface area contributed by atoms with Crippen LogP contribution in [0.5, 0.6) is 5.75 Å². The van der Waals surface area contributed by atoms with Crippen LogP contribution in [0.3, 0.4) is 0 Å². The highest BCUT2D eigenvalue weighted by atomic mass is 32.2. The van der Waals surface area contributed by atoms with Gasteiger partial charge in [-0.1, -0.05) is 0 Å².